The van der Waals surface area contributed by atoms with Crippen LogP contribution in [0.15, 0.2) is 71.1 Å². The maximum absolute atomic E-state index is 12.4. The second kappa shape index (κ2) is 14.0. The Kier molecular flexibility index (Phi) is 10.1. The largest absolute Gasteiger partial charge is 0.494 e. The summed E-state index contributed by atoms with van der Waals surface area (Å²) in [6.45, 7) is 4.39. The van der Waals surface area contributed by atoms with Crippen LogP contribution in [0.2, 0.25) is 0 Å². The molecule has 0 spiro atoms. The molecule has 4 amide bonds. The van der Waals surface area contributed by atoms with E-state index in [-0.39, 0.29) is 12.1 Å². The number of urea groups is 2. The van der Waals surface area contributed by atoms with Crippen molar-refractivity contribution < 1.29 is 38.1 Å². The summed E-state index contributed by atoms with van der Waals surface area (Å²) >= 11 is 0. The highest BCUT2D eigenvalue weighted by Gasteiger charge is 2.36. The number of unbranched alkanes of at least 4 members (excludes halogenated alkanes) is 1. The van der Waals surface area contributed by atoms with Crippen molar-refractivity contribution in [3.05, 3.63) is 82.2 Å². The average Bonchev–Trinajstić information content (AvgIpc) is 3.03. The van der Waals surface area contributed by atoms with E-state index in [0.717, 1.165) is 24.0 Å². The molecule has 12 heteroatoms. The van der Waals surface area contributed by atoms with Gasteiger partial charge in [-0.3, -0.25) is 0 Å². The number of nitrogens with zero attached hydrogens (tertiary/aromatic N) is 2. The molecule has 234 valence electrons. The molecule has 0 aromatic heterocycles. The van der Waals surface area contributed by atoms with Crippen molar-refractivity contribution in [2.24, 2.45) is 0 Å². The number of ether oxygens (including phenoxy) is 4. The molecule has 0 aliphatic carbocycles. The van der Waals surface area contributed by atoms with Gasteiger partial charge in [0.05, 0.1) is 50.7 Å². The van der Waals surface area contributed by atoms with E-state index in [1.165, 1.54) is 24.0 Å². The highest BCUT2D eigenvalue weighted by molar-refractivity contribution is 5.95. The summed E-state index contributed by atoms with van der Waals surface area (Å²) in [5, 5.41) is 5.69. The molecule has 0 saturated heterocycles. The van der Waals surface area contributed by atoms with E-state index in [4.69, 9.17) is 18.9 Å². The minimum Gasteiger partial charge on any atom is -0.494 e. The van der Waals surface area contributed by atoms with Gasteiger partial charge in [-0.15, -0.1) is 0 Å². The summed E-state index contributed by atoms with van der Waals surface area (Å²) in [6.07, 6.45) is 1.51. The van der Waals surface area contributed by atoms with E-state index in [1.807, 2.05) is 24.3 Å². The summed E-state index contributed by atoms with van der Waals surface area (Å²) in [5.74, 6) is 0.343. The average molecular weight is 607 g/mol. The lowest BCUT2D eigenvalue weighted by molar-refractivity contribution is -0.137. The van der Waals surface area contributed by atoms with Gasteiger partial charge < -0.3 is 39.4 Å². The zero-order valence-corrected chi connectivity index (χ0v) is 25.8. The lowest BCUT2D eigenvalue weighted by Gasteiger charge is -2.33. The summed E-state index contributed by atoms with van der Waals surface area (Å²) in [7, 11) is 5.83. The van der Waals surface area contributed by atoms with Crippen LogP contribution in [0.1, 0.15) is 49.9 Å². The van der Waals surface area contributed by atoms with Crippen LogP contribution in [0.5, 0.6) is 11.5 Å². The van der Waals surface area contributed by atoms with E-state index in [1.54, 1.807) is 52.2 Å². The maximum atomic E-state index is 12.4. The van der Waals surface area contributed by atoms with Crippen LogP contribution < -0.4 is 20.1 Å². The standard InChI is InChI=1S/C32H38N4O8/c1-19-25(29(37)41-5)27(33-31(39)35(19)3)21-9-13-23(14-10-21)43-17-7-8-18-44-24-15-11-22(12-16-24)28-26(30(38)42-6)20(2)36(4)32(40)34-28/h9-16,27-28H,7-8,17-18H2,1-6H3,(H,33,39)(H,34,40). The van der Waals surface area contributed by atoms with Crippen molar-refractivity contribution in [1.82, 2.24) is 20.4 Å². The molecule has 0 bridgehead atoms. The third kappa shape index (κ3) is 6.80. The molecule has 0 radical (unpaired) electrons. The molecule has 0 fully saturated rings. The van der Waals surface area contributed by atoms with Gasteiger partial charge >= 0.3 is 24.0 Å². The first kappa shape index (κ1) is 31.9. The van der Waals surface area contributed by atoms with Gasteiger partial charge in [-0.05, 0) is 62.1 Å². The van der Waals surface area contributed by atoms with Crippen LogP contribution in [0.3, 0.4) is 0 Å². The molecule has 2 atom stereocenters. The van der Waals surface area contributed by atoms with Crippen molar-refractivity contribution in [2.45, 2.75) is 38.8 Å². The number of carbonyl (C=O) groups excluding carboxylic acids is 4. The lowest BCUT2D eigenvalue weighted by atomic mass is 9.95. The molecule has 2 N–H and O–H groups in total. The number of hydrogen-bond acceptors (Lipinski definition) is 8. The number of amides is 4. The highest BCUT2D eigenvalue weighted by Crippen LogP contribution is 2.33. The van der Waals surface area contributed by atoms with E-state index in [2.05, 4.69) is 10.6 Å². The van der Waals surface area contributed by atoms with Gasteiger partial charge in [0.2, 0.25) is 0 Å². The molecule has 0 saturated carbocycles. The Bertz CT molecular complexity index is 1350. The number of nitrogens with one attached hydrogen (secondary N) is 2. The Morgan fingerprint density at radius 3 is 1.32 bits per heavy atom. The Balaban J connectivity index is 1.25. The van der Waals surface area contributed by atoms with Crippen LogP contribution in [0, 0.1) is 0 Å². The lowest BCUT2D eigenvalue weighted by Crippen LogP contribution is -2.46. The maximum Gasteiger partial charge on any atom is 0.337 e. The predicted molar refractivity (Wildman–Crippen MR) is 161 cm³/mol. The minimum atomic E-state index is -0.620. The van der Waals surface area contributed by atoms with E-state index < -0.39 is 24.0 Å². The molecule has 12 nitrogen and oxygen atoms in total. The van der Waals surface area contributed by atoms with Crippen molar-refractivity contribution in [3.63, 3.8) is 0 Å². The SMILES string of the molecule is COC(=O)C1=C(C)N(C)C(=O)NC1c1ccc(OCCCCOc2ccc(C3NC(=O)N(C)C(C)=C3C(=O)OC)cc2)cc1. The second-order valence-corrected chi connectivity index (χ2v) is 10.4. The fourth-order valence-electron chi connectivity index (χ4n) is 5.02. The molecule has 2 heterocycles. The fourth-order valence-corrected chi connectivity index (χ4v) is 5.02. The second-order valence-electron chi connectivity index (χ2n) is 10.4. The number of hydrogen-bond donors (Lipinski definition) is 2. The molecule has 2 aliphatic heterocycles. The van der Waals surface area contributed by atoms with E-state index in [0.29, 0.717) is 47.3 Å². The minimum absolute atomic E-state index is 0.302. The van der Waals surface area contributed by atoms with Gasteiger partial charge in [-0.25, -0.2) is 19.2 Å². The molecule has 2 aliphatic rings. The van der Waals surface area contributed by atoms with Gasteiger partial charge in [0.15, 0.2) is 0 Å². The number of allylic oxidation sites excluding steroid dienone is 2. The monoisotopic (exact) mass is 606 g/mol. The first-order valence-electron chi connectivity index (χ1n) is 14.2. The topological polar surface area (TPSA) is 136 Å². The first-order chi connectivity index (χ1) is 21.1. The molecular weight excluding hydrogens is 568 g/mol. The number of rotatable bonds is 11. The number of esters is 2. The summed E-state index contributed by atoms with van der Waals surface area (Å²) < 4.78 is 21.6. The van der Waals surface area contributed by atoms with Crippen LogP contribution in [0.4, 0.5) is 9.59 Å². The third-order valence-corrected chi connectivity index (χ3v) is 7.82. The van der Waals surface area contributed by atoms with Crippen molar-refractivity contribution in [3.8, 4) is 11.5 Å². The smallest absolute Gasteiger partial charge is 0.337 e. The Hall–Kier alpha value is -5.00. The highest BCUT2D eigenvalue weighted by atomic mass is 16.5. The Labute approximate surface area is 256 Å². The van der Waals surface area contributed by atoms with Crippen LogP contribution >= 0.6 is 0 Å². The van der Waals surface area contributed by atoms with Gasteiger partial charge in [0.25, 0.3) is 0 Å². The van der Waals surface area contributed by atoms with Crippen LogP contribution in [-0.2, 0) is 19.1 Å². The van der Waals surface area contributed by atoms with Crippen molar-refractivity contribution >= 4 is 24.0 Å². The van der Waals surface area contributed by atoms with E-state index >= 15 is 0 Å². The number of benzene rings is 2. The van der Waals surface area contributed by atoms with Gasteiger partial charge in [0.1, 0.15) is 11.5 Å². The quantitative estimate of drug-likeness (QED) is 0.287. The van der Waals surface area contributed by atoms with Crippen molar-refractivity contribution in [1.29, 1.82) is 0 Å². The fraction of sp³-hybridized carbons (Fsp3) is 0.375. The Morgan fingerprint density at radius 1 is 0.659 bits per heavy atom. The normalized spacial score (nSPS) is 18.5. The molecular formula is C32H38N4O8. The van der Waals surface area contributed by atoms with Crippen LogP contribution in [0.25, 0.3) is 0 Å². The summed E-state index contributed by atoms with van der Waals surface area (Å²) in [6, 6.07) is 12.6. The van der Waals surface area contributed by atoms with Gasteiger partial charge in [-0.1, -0.05) is 24.3 Å². The summed E-state index contributed by atoms with van der Waals surface area (Å²) in [5.41, 5.74) is 3.31. The van der Waals surface area contributed by atoms with Crippen molar-refractivity contribution in [2.75, 3.05) is 41.5 Å². The number of carbonyl (C=O) groups is 4. The zero-order valence-electron chi connectivity index (χ0n) is 25.8. The van der Waals surface area contributed by atoms with Gasteiger partial charge in [-0.2, -0.15) is 0 Å². The molecule has 2 aromatic rings. The summed E-state index contributed by atoms with van der Waals surface area (Å²) in [4.78, 5) is 52.3. The molecule has 4 rings (SSSR count). The third-order valence-electron chi connectivity index (χ3n) is 7.82. The zero-order chi connectivity index (χ0) is 32.0. The molecule has 2 aromatic carbocycles. The van der Waals surface area contributed by atoms with Gasteiger partial charge in [0, 0.05) is 25.5 Å². The van der Waals surface area contributed by atoms with Crippen LogP contribution in [-0.4, -0.2) is 75.3 Å². The Morgan fingerprint density at radius 2 is 1.00 bits per heavy atom. The predicted octanol–water partition coefficient (Wildman–Crippen LogP) is 4.21. The first-order valence-corrected chi connectivity index (χ1v) is 14.2. The molecule has 2 unspecified atom stereocenters. The molecule has 44 heavy (non-hydrogen) atoms. The van der Waals surface area contributed by atoms with E-state index in [9.17, 15) is 19.2 Å². The number of methoxy groups -OCH3 is 2.